The number of anilines is 1. The Hall–Kier alpha value is -1.14. The minimum atomic E-state index is 0.280. The van der Waals surface area contributed by atoms with E-state index in [4.69, 9.17) is 4.52 Å². The number of thioether (sulfide) groups is 2. The SMILES string of the molecule is c1ccc2c(c1)CC(c1nc(C3CSCCS3)no1)CN2. The van der Waals surface area contributed by atoms with Gasteiger partial charge in [0.25, 0.3) is 0 Å². The topological polar surface area (TPSA) is 51.0 Å². The molecule has 0 aliphatic carbocycles. The normalized spacial score (nSPS) is 25.1. The van der Waals surface area contributed by atoms with Gasteiger partial charge in [-0.2, -0.15) is 16.7 Å². The number of aromatic nitrogens is 2. The predicted octanol–water partition coefficient (Wildman–Crippen LogP) is 3.34. The zero-order valence-electron chi connectivity index (χ0n) is 11.6. The van der Waals surface area contributed by atoms with Gasteiger partial charge < -0.3 is 9.84 Å². The van der Waals surface area contributed by atoms with Crippen LogP contribution in [0.5, 0.6) is 0 Å². The molecule has 1 fully saturated rings. The standard InChI is InChI=1S/C15H17N3OS2/c1-2-4-12-10(3-1)7-11(8-16-12)15-17-14(18-19-15)13-9-20-5-6-21-13/h1-4,11,13,16H,5-9H2. The van der Waals surface area contributed by atoms with Gasteiger partial charge in [-0.25, -0.2) is 0 Å². The first-order chi connectivity index (χ1) is 10.4. The molecule has 0 bridgehead atoms. The summed E-state index contributed by atoms with van der Waals surface area (Å²) in [5, 5.41) is 8.08. The van der Waals surface area contributed by atoms with Gasteiger partial charge in [-0.3, -0.25) is 0 Å². The second-order valence-electron chi connectivity index (χ2n) is 5.36. The van der Waals surface area contributed by atoms with Crippen molar-refractivity contribution in [1.29, 1.82) is 0 Å². The Balaban J connectivity index is 1.51. The zero-order valence-corrected chi connectivity index (χ0v) is 13.3. The van der Waals surface area contributed by atoms with Crippen molar-refractivity contribution in [3.63, 3.8) is 0 Å². The molecule has 1 aromatic carbocycles. The van der Waals surface area contributed by atoms with Crippen LogP contribution >= 0.6 is 23.5 Å². The summed E-state index contributed by atoms with van der Waals surface area (Å²) in [4.78, 5) is 4.68. The Labute approximate surface area is 132 Å². The Morgan fingerprint density at radius 2 is 2.19 bits per heavy atom. The van der Waals surface area contributed by atoms with E-state index in [0.717, 1.165) is 30.4 Å². The lowest BCUT2D eigenvalue weighted by Gasteiger charge is -2.23. The molecule has 2 aliphatic rings. The maximum Gasteiger partial charge on any atom is 0.231 e. The molecule has 0 radical (unpaired) electrons. The predicted molar refractivity (Wildman–Crippen MR) is 88.2 cm³/mol. The summed E-state index contributed by atoms with van der Waals surface area (Å²) < 4.78 is 5.55. The van der Waals surface area contributed by atoms with Crippen molar-refractivity contribution >= 4 is 29.2 Å². The highest BCUT2D eigenvalue weighted by molar-refractivity contribution is 8.06. The third-order valence-electron chi connectivity index (χ3n) is 3.93. The quantitative estimate of drug-likeness (QED) is 0.916. The highest BCUT2D eigenvalue weighted by Gasteiger charge is 2.27. The number of nitrogens with zero attached hydrogens (tertiary/aromatic N) is 2. The third-order valence-corrected chi connectivity index (χ3v) is 6.68. The first-order valence-electron chi connectivity index (χ1n) is 7.25. The Kier molecular flexibility index (Phi) is 3.82. The molecule has 110 valence electrons. The van der Waals surface area contributed by atoms with Crippen molar-refractivity contribution < 1.29 is 4.52 Å². The van der Waals surface area contributed by atoms with Crippen LogP contribution in [-0.2, 0) is 6.42 Å². The molecule has 3 heterocycles. The summed E-state index contributed by atoms with van der Waals surface area (Å²) in [5.74, 6) is 5.44. The van der Waals surface area contributed by atoms with Crippen molar-refractivity contribution in [2.24, 2.45) is 0 Å². The third kappa shape index (κ3) is 2.79. The lowest BCUT2D eigenvalue weighted by molar-refractivity contribution is 0.350. The van der Waals surface area contributed by atoms with Crippen LogP contribution in [0.3, 0.4) is 0 Å². The molecule has 1 N–H and O–H groups in total. The smallest absolute Gasteiger partial charge is 0.231 e. The van der Waals surface area contributed by atoms with E-state index in [-0.39, 0.29) is 5.92 Å². The molecule has 2 aromatic rings. The van der Waals surface area contributed by atoms with Crippen LogP contribution in [0.1, 0.15) is 28.4 Å². The van der Waals surface area contributed by atoms with Gasteiger partial charge in [0.1, 0.15) is 0 Å². The maximum absolute atomic E-state index is 5.55. The Morgan fingerprint density at radius 1 is 1.24 bits per heavy atom. The summed E-state index contributed by atoms with van der Waals surface area (Å²) in [6.45, 7) is 0.866. The molecule has 0 amide bonds. The van der Waals surface area contributed by atoms with Crippen LogP contribution in [-0.4, -0.2) is 33.9 Å². The van der Waals surface area contributed by atoms with Crippen molar-refractivity contribution in [1.82, 2.24) is 10.1 Å². The number of para-hydroxylation sites is 1. The molecule has 6 heteroatoms. The van der Waals surface area contributed by atoms with Gasteiger partial charge in [-0.05, 0) is 18.1 Å². The van der Waals surface area contributed by atoms with Crippen LogP contribution in [0, 0.1) is 0 Å². The average Bonchev–Trinajstić information content (AvgIpc) is 3.05. The molecule has 2 atom stereocenters. The van der Waals surface area contributed by atoms with Crippen LogP contribution in [0.25, 0.3) is 0 Å². The molecule has 0 spiro atoms. The summed E-state index contributed by atoms with van der Waals surface area (Å²) in [6.07, 6.45) is 0.970. The van der Waals surface area contributed by atoms with E-state index in [9.17, 15) is 0 Å². The first-order valence-corrected chi connectivity index (χ1v) is 9.45. The van der Waals surface area contributed by atoms with E-state index < -0.39 is 0 Å². The minimum absolute atomic E-state index is 0.280. The van der Waals surface area contributed by atoms with Gasteiger partial charge in [0, 0.05) is 29.5 Å². The van der Waals surface area contributed by atoms with E-state index in [1.807, 2.05) is 23.5 Å². The van der Waals surface area contributed by atoms with Crippen LogP contribution in [0.2, 0.25) is 0 Å². The van der Waals surface area contributed by atoms with E-state index >= 15 is 0 Å². The molecule has 2 unspecified atom stereocenters. The molecule has 21 heavy (non-hydrogen) atoms. The highest BCUT2D eigenvalue weighted by Crippen LogP contribution is 2.36. The van der Waals surface area contributed by atoms with E-state index in [0.29, 0.717) is 5.25 Å². The van der Waals surface area contributed by atoms with Crippen molar-refractivity contribution in [2.75, 3.05) is 29.1 Å². The largest absolute Gasteiger partial charge is 0.384 e. The summed E-state index contributed by atoms with van der Waals surface area (Å²) >= 11 is 3.92. The van der Waals surface area contributed by atoms with Crippen molar-refractivity contribution in [3.05, 3.63) is 41.5 Å². The van der Waals surface area contributed by atoms with Crippen LogP contribution in [0.4, 0.5) is 5.69 Å². The van der Waals surface area contributed by atoms with E-state index in [2.05, 4.69) is 39.7 Å². The summed E-state index contributed by atoms with van der Waals surface area (Å²) in [5.41, 5.74) is 2.56. The minimum Gasteiger partial charge on any atom is -0.384 e. The molecule has 4 nitrogen and oxygen atoms in total. The maximum atomic E-state index is 5.55. The van der Waals surface area contributed by atoms with Gasteiger partial charge in [0.05, 0.1) is 11.2 Å². The molecule has 2 aliphatic heterocycles. The summed E-state index contributed by atoms with van der Waals surface area (Å²) in [6, 6.07) is 8.44. The van der Waals surface area contributed by atoms with E-state index in [1.165, 1.54) is 22.8 Å². The molecule has 1 aromatic heterocycles. The highest BCUT2D eigenvalue weighted by atomic mass is 32.2. The average molecular weight is 319 g/mol. The number of hydrogen-bond acceptors (Lipinski definition) is 6. The Morgan fingerprint density at radius 3 is 3.10 bits per heavy atom. The lowest BCUT2D eigenvalue weighted by Crippen LogP contribution is -2.21. The van der Waals surface area contributed by atoms with Gasteiger partial charge in [0.2, 0.25) is 5.89 Å². The number of rotatable bonds is 2. The molecule has 4 rings (SSSR count). The van der Waals surface area contributed by atoms with Crippen molar-refractivity contribution in [2.45, 2.75) is 17.6 Å². The second kappa shape index (κ2) is 5.93. The van der Waals surface area contributed by atoms with Crippen molar-refractivity contribution in [3.8, 4) is 0 Å². The fourth-order valence-electron chi connectivity index (χ4n) is 2.80. The van der Waals surface area contributed by atoms with Crippen LogP contribution < -0.4 is 5.32 Å². The van der Waals surface area contributed by atoms with E-state index in [1.54, 1.807) is 0 Å². The lowest BCUT2D eigenvalue weighted by atomic mass is 9.94. The fourth-order valence-corrected chi connectivity index (χ4v) is 5.39. The number of fused-ring (bicyclic) bond motifs is 1. The number of hydrogen-bond donors (Lipinski definition) is 1. The van der Waals surface area contributed by atoms with Crippen LogP contribution in [0.15, 0.2) is 28.8 Å². The zero-order chi connectivity index (χ0) is 14.1. The number of benzene rings is 1. The molecule has 0 saturated carbocycles. The first kappa shape index (κ1) is 13.5. The molecular formula is C15H17N3OS2. The molecular weight excluding hydrogens is 302 g/mol. The Bertz CT molecular complexity index is 625. The van der Waals surface area contributed by atoms with Gasteiger partial charge in [-0.15, -0.1) is 11.8 Å². The number of nitrogens with one attached hydrogen (secondary N) is 1. The summed E-state index contributed by atoms with van der Waals surface area (Å²) in [7, 11) is 0. The van der Waals surface area contributed by atoms with Gasteiger partial charge in [0.15, 0.2) is 5.82 Å². The second-order valence-corrected chi connectivity index (χ2v) is 7.82. The van der Waals surface area contributed by atoms with Gasteiger partial charge in [-0.1, -0.05) is 23.4 Å². The molecule has 1 saturated heterocycles. The monoisotopic (exact) mass is 319 g/mol. The fraction of sp³-hybridized carbons (Fsp3) is 0.467. The van der Waals surface area contributed by atoms with Gasteiger partial charge >= 0.3 is 0 Å².